The Morgan fingerprint density at radius 3 is 2.27 bits per heavy atom. The van der Waals surface area contributed by atoms with Gasteiger partial charge >= 0.3 is 0 Å². The molecule has 0 bridgehead atoms. The van der Waals surface area contributed by atoms with Gasteiger partial charge in [0.25, 0.3) is 0 Å². The third-order valence-corrected chi connectivity index (χ3v) is 1.79. The summed E-state index contributed by atoms with van der Waals surface area (Å²) in [6.07, 6.45) is 1.84. The van der Waals surface area contributed by atoms with Crippen molar-refractivity contribution in [2.24, 2.45) is 0 Å². The van der Waals surface area contributed by atoms with Crippen LogP contribution in [0.15, 0.2) is 30.8 Å². The predicted octanol–water partition coefficient (Wildman–Crippen LogP) is 2.43. The molecule has 11 heavy (non-hydrogen) atoms. The lowest BCUT2D eigenvalue weighted by molar-refractivity contribution is 1.26. The van der Waals surface area contributed by atoms with Crippen LogP contribution < -0.4 is 0 Å². The minimum Gasteiger partial charge on any atom is -0.0985 e. The Kier molecular flexibility index (Phi) is 1.30. The maximum absolute atomic E-state index is 3.69. The Morgan fingerprint density at radius 2 is 1.82 bits per heavy atom. The van der Waals surface area contributed by atoms with E-state index in [0.717, 1.165) is 5.56 Å². The van der Waals surface area contributed by atoms with Crippen LogP contribution in [0, 0.1) is 11.8 Å². The summed E-state index contributed by atoms with van der Waals surface area (Å²) in [4.78, 5) is 0. The standard InChI is InChI=1S/C11H8/c1-2-9-3-5-10(6-4-9)11-7-8-11/h2-6,11H,1H2. The average Bonchev–Trinajstić information content (AvgIpc) is 2.87. The van der Waals surface area contributed by atoms with Crippen molar-refractivity contribution in [3.8, 4) is 11.8 Å². The van der Waals surface area contributed by atoms with Crippen molar-refractivity contribution in [2.45, 2.75) is 5.92 Å². The number of rotatable bonds is 2. The van der Waals surface area contributed by atoms with Gasteiger partial charge in [0.1, 0.15) is 5.92 Å². The van der Waals surface area contributed by atoms with Crippen LogP contribution >= 0.6 is 0 Å². The Morgan fingerprint density at radius 1 is 1.18 bits per heavy atom. The molecule has 0 aliphatic heterocycles. The van der Waals surface area contributed by atoms with E-state index in [-0.39, 0.29) is 0 Å². The summed E-state index contributed by atoms with van der Waals surface area (Å²) in [5.41, 5.74) is 2.44. The normalized spacial score (nSPS) is 13.5. The van der Waals surface area contributed by atoms with Crippen LogP contribution in [0.1, 0.15) is 17.0 Å². The average molecular weight is 140 g/mol. The van der Waals surface area contributed by atoms with Crippen molar-refractivity contribution >= 4 is 6.08 Å². The minimum absolute atomic E-state index is 0.369. The van der Waals surface area contributed by atoms with Gasteiger partial charge in [0.05, 0.1) is 0 Å². The molecule has 1 aromatic carbocycles. The van der Waals surface area contributed by atoms with Gasteiger partial charge in [-0.25, -0.2) is 0 Å². The highest BCUT2D eigenvalue weighted by molar-refractivity contribution is 5.52. The van der Waals surface area contributed by atoms with E-state index in [0.29, 0.717) is 5.92 Å². The second-order valence-corrected chi connectivity index (χ2v) is 2.59. The molecule has 1 aliphatic rings. The lowest BCUT2D eigenvalue weighted by Crippen LogP contribution is -1.81. The third-order valence-electron chi connectivity index (χ3n) is 1.79. The quantitative estimate of drug-likeness (QED) is 0.553. The van der Waals surface area contributed by atoms with Gasteiger partial charge in [-0.05, 0) is 11.1 Å². The van der Waals surface area contributed by atoms with Crippen LogP contribution in [0.2, 0.25) is 0 Å². The zero-order chi connectivity index (χ0) is 7.68. The summed E-state index contributed by atoms with van der Waals surface area (Å²) in [6.45, 7) is 3.69. The van der Waals surface area contributed by atoms with E-state index in [4.69, 9.17) is 0 Å². The summed E-state index contributed by atoms with van der Waals surface area (Å²) >= 11 is 0. The first kappa shape index (κ1) is 6.24. The van der Waals surface area contributed by atoms with E-state index in [1.54, 1.807) is 0 Å². The maximum atomic E-state index is 3.69. The fourth-order valence-electron chi connectivity index (χ4n) is 1.03. The largest absolute Gasteiger partial charge is 0.106 e. The second-order valence-electron chi connectivity index (χ2n) is 2.59. The molecule has 0 unspecified atom stereocenters. The van der Waals surface area contributed by atoms with Crippen molar-refractivity contribution in [1.82, 2.24) is 0 Å². The zero-order valence-corrected chi connectivity index (χ0v) is 6.17. The Balaban J connectivity index is 2.26. The number of hydrogen-bond acceptors (Lipinski definition) is 0. The Labute approximate surface area is 66.6 Å². The van der Waals surface area contributed by atoms with Gasteiger partial charge in [-0.15, -0.1) is 0 Å². The highest BCUT2D eigenvalue weighted by Gasteiger charge is 2.11. The van der Waals surface area contributed by atoms with E-state index in [9.17, 15) is 0 Å². The molecule has 0 nitrogen and oxygen atoms in total. The molecule has 0 spiro atoms. The summed E-state index contributed by atoms with van der Waals surface area (Å²) < 4.78 is 0. The van der Waals surface area contributed by atoms with Gasteiger partial charge in [-0.1, -0.05) is 48.8 Å². The first-order chi connectivity index (χ1) is 5.40. The van der Waals surface area contributed by atoms with E-state index < -0.39 is 0 Å². The van der Waals surface area contributed by atoms with Gasteiger partial charge < -0.3 is 0 Å². The van der Waals surface area contributed by atoms with Crippen LogP contribution in [-0.4, -0.2) is 0 Å². The zero-order valence-electron chi connectivity index (χ0n) is 6.17. The highest BCUT2D eigenvalue weighted by Crippen LogP contribution is 2.21. The van der Waals surface area contributed by atoms with Crippen LogP contribution in [0.25, 0.3) is 6.08 Å². The Hall–Kier alpha value is -1.48. The molecule has 0 saturated carbocycles. The molecule has 0 amide bonds. The SMILES string of the molecule is C=Cc1ccc(C2C#C2)cc1. The molecule has 0 saturated heterocycles. The third kappa shape index (κ3) is 1.18. The van der Waals surface area contributed by atoms with Gasteiger partial charge in [-0.3, -0.25) is 0 Å². The monoisotopic (exact) mass is 140 g/mol. The van der Waals surface area contributed by atoms with Crippen molar-refractivity contribution in [3.63, 3.8) is 0 Å². The van der Waals surface area contributed by atoms with Crippen molar-refractivity contribution in [3.05, 3.63) is 42.0 Å². The summed E-state index contributed by atoms with van der Waals surface area (Å²) in [7, 11) is 0. The molecule has 0 heteroatoms. The molecule has 1 aliphatic carbocycles. The molecule has 0 radical (unpaired) electrons. The topological polar surface area (TPSA) is 0 Å². The number of benzene rings is 1. The second kappa shape index (κ2) is 2.29. The highest BCUT2D eigenvalue weighted by atomic mass is 14.1. The summed E-state index contributed by atoms with van der Waals surface area (Å²) in [6, 6.07) is 8.30. The van der Waals surface area contributed by atoms with Crippen LogP contribution in [-0.2, 0) is 0 Å². The van der Waals surface area contributed by atoms with Gasteiger partial charge in [0.2, 0.25) is 0 Å². The smallest absolute Gasteiger partial charge is 0.0985 e. The van der Waals surface area contributed by atoms with Gasteiger partial charge in [-0.2, -0.15) is 0 Å². The Bertz CT molecular complexity index is 325. The maximum Gasteiger partial charge on any atom is 0.106 e. The van der Waals surface area contributed by atoms with E-state index >= 15 is 0 Å². The molecule has 2 rings (SSSR count). The first-order valence-electron chi connectivity index (χ1n) is 3.63. The van der Waals surface area contributed by atoms with E-state index in [1.165, 1.54) is 5.56 Å². The van der Waals surface area contributed by atoms with Crippen molar-refractivity contribution in [1.29, 1.82) is 0 Å². The van der Waals surface area contributed by atoms with Crippen LogP contribution in [0.3, 0.4) is 0 Å². The minimum atomic E-state index is 0.369. The molecular formula is C11H8. The molecule has 0 fully saturated rings. The van der Waals surface area contributed by atoms with E-state index in [1.807, 2.05) is 6.08 Å². The molecule has 0 aromatic heterocycles. The molecule has 0 atom stereocenters. The van der Waals surface area contributed by atoms with Gasteiger partial charge in [0, 0.05) is 0 Å². The van der Waals surface area contributed by atoms with Crippen molar-refractivity contribution < 1.29 is 0 Å². The van der Waals surface area contributed by atoms with Crippen molar-refractivity contribution in [2.75, 3.05) is 0 Å². The van der Waals surface area contributed by atoms with E-state index in [2.05, 4.69) is 42.7 Å². The molecule has 1 aromatic rings. The van der Waals surface area contributed by atoms with Gasteiger partial charge in [0.15, 0.2) is 0 Å². The predicted molar refractivity (Wildman–Crippen MR) is 47.1 cm³/mol. The lowest BCUT2D eigenvalue weighted by Gasteiger charge is -1.96. The fourth-order valence-corrected chi connectivity index (χ4v) is 1.03. The molecule has 0 heterocycles. The van der Waals surface area contributed by atoms with Crippen LogP contribution in [0.5, 0.6) is 0 Å². The summed E-state index contributed by atoms with van der Waals surface area (Å²) in [5.74, 6) is 6.39. The lowest BCUT2D eigenvalue weighted by atomic mass is 10.1. The van der Waals surface area contributed by atoms with Crippen LogP contribution in [0.4, 0.5) is 0 Å². The molecule has 0 N–H and O–H groups in total. The molecule has 52 valence electrons. The fraction of sp³-hybridized carbons (Fsp3) is 0.0909. The summed E-state index contributed by atoms with van der Waals surface area (Å²) in [5, 5.41) is 0. The first-order valence-corrected chi connectivity index (χ1v) is 3.63. The number of hydrogen-bond donors (Lipinski definition) is 0. The molecular weight excluding hydrogens is 132 g/mol.